The average molecular weight is 334 g/mol. The van der Waals surface area contributed by atoms with Crippen molar-refractivity contribution in [3.05, 3.63) is 48.9 Å². The molecule has 3 heterocycles. The second-order valence-electron chi connectivity index (χ2n) is 5.90. The van der Waals surface area contributed by atoms with Gasteiger partial charge < -0.3 is 15.1 Å². The van der Waals surface area contributed by atoms with Crippen molar-refractivity contribution in [1.82, 2.24) is 19.9 Å². The van der Waals surface area contributed by atoms with Gasteiger partial charge in [0.05, 0.1) is 11.2 Å². The van der Waals surface area contributed by atoms with Crippen molar-refractivity contribution in [2.24, 2.45) is 0 Å². The van der Waals surface area contributed by atoms with E-state index in [1.807, 2.05) is 36.4 Å². The van der Waals surface area contributed by atoms with E-state index in [0.717, 1.165) is 47.7 Å². The van der Waals surface area contributed by atoms with Gasteiger partial charge in [0.25, 0.3) is 0 Å². The Kier molecular flexibility index (Phi) is 4.12. The van der Waals surface area contributed by atoms with E-state index >= 15 is 0 Å². The van der Waals surface area contributed by atoms with Gasteiger partial charge in [-0.2, -0.15) is 0 Å². The number of anilines is 3. The zero-order chi connectivity index (χ0) is 17.1. The molecule has 0 aliphatic carbocycles. The van der Waals surface area contributed by atoms with Crippen molar-refractivity contribution in [3.63, 3.8) is 0 Å². The monoisotopic (exact) mass is 334 g/mol. The third-order valence-electron chi connectivity index (χ3n) is 4.34. The van der Waals surface area contributed by atoms with Crippen LogP contribution in [0.2, 0.25) is 0 Å². The van der Waals surface area contributed by atoms with Gasteiger partial charge in [0.1, 0.15) is 18.0 Å². The van der Waals surface area contributed by atoms with E-state index in [-0.39, 0.29) is 0 Å². The lowest BCUT2D eigenvalue weighted by molar-refractivity contribution is -0.118. The summed E-state index contributed by atoms with van der Waals surface area (Å²) in [5.41, 5.74) is 1.82. The molecule has 7 heteroatoms. The number of hydrogen-bond acceptors (Lipinski definition) is 6. The molecule has 4 rings (SSSR count). The Labute approximate surface area is 145 Å². The number of carbonyl (C=O) groups is 1. The lowest BCUT2D eigenvalue weighted by Crippen LogP contribution is -2.46. The molecule has 0 saturated carbocycles. The van der Waals surface area contributed by atoms with Gasteiger partial charge in [0.2, 0.25) is 6.41 Å². The van der Waals surface area contributed by atoms with E-state index in [0.29, 0.717) is 13.1 Å². The molecule has 1 aliphatic rings. The number of carbonyl (C=O) groups excluding carboxylic acids is 1. The Morgan fingerprint density at radius 2 is 1.84 bits per heavy atom. The number of rotatable bonds is 4. The van der Waals surface area contributed by atoms with E-state index < -0.39 is 0 Å². The largest absolute Gasteiger partial charge is 0.353 e. The first-order valence-corrected chi connectivity index (χ1v) is 8.20. The number of aromatic nitrogens is 3. The summed E-state index contributed by atoms with van der Waals surface area (Å²) >= 11 is 0. The standard InChI is InChI=1S/C18H18N6O/c25-13-23-7-9-24(10-8-23)17-11-16(20-12-21-17)22-15-5-1-3-14-4-2-6-19-18(14)15/h1-6,11-13H,7-10H2,(H,20,21,22). The second-order valence-corrected chi connectivity index (χ2v) is 5.90. The maximum absolute atomic E-state index is 10.8. The number of fused-ring (bicyclic) bond motifs is 1. The molecule has 0 spiro atoms. The van der Waals surface area contributed by atoms with Crippen molar-refractivity contribution in [2.75, 3.05) is 36.4 Å². The van der Waals surface area contributed by atoms with Crippen molar-refractivity contribution >= 4 is 34.6 Å². The lowest BCUT2D eigenvalue weighted by atomic mass is 10.2. The third kappa shape index (κ3) is 3.21. The molecule has 1 aromatic carbocycles. The van der Waals surface area contributed by atoms with Gasteiger partial charge in [0.15, 0.2) is 0 Å². The van der Waals surface area contributed by atoms with Crippen LogP contribution in [0.3, 0.4) is 0 Å². The zero-order valence-corrected chi connectivity index (χ0v) is 13.7. The molecule has 1 aliphatic heterocycles. The number of hydrogen-bond donors (Lipinski definition) is 1. The van der Waals surface area contributed by atoms with Crippen LogP contribution in [0.1, 0.15) is 0 Å². The first kappa shape index (κ1) is 15.3. The summed E-state index contributed by atoms with van der Waals surface area (Å²) in [7, 11) is 0. The van der Waals surface area contributed by atoms with Crippen molar-refractivity contribution in [3.8, 4) is 0 Å². The third-order valence-corrected chi connectivity index (χ3v) is 4.34. The van der Waals surface area contributed by atoms with Crippen LogP contribution in [0.15, 0.2) is 48.9 Å². The fourth-order valence-electron chi connectivity index (χ4n) is 2.99. The molecule has 0 radical (unpaired) electrons. The van der Waals surface area contributed by atoms with Crippen LogP contribution < -0.4 is 10.2 Å². The van der Waals surface area contributed by atoms with E-state index in [1.165, 1.54) is 0 Å². The van der Waals surface area contributed by atoms with Gasteiger partial charge in [-0.3, -0.25) is 9.78 Å². The summed E-state index contributed by atoms with van der Waals surface area (Å²) in [5.74, 6) is 1.58. The summed E-state index contributed by atoms with van der Waals surface area (Å²) in [4.78, 5) is 27.9. The number of piperazine rings is 1. The first-order valence-electron chi connectivity index (χ1n) is 8.20. The minimum absolute atomic E-state index is 0.712. The minimum atomic E-state index is 0.712. The van der Waals surface area contributed by atoms with Crippen LogP contribution in [0, 0.1) is 0 Å². The molecule has 1 saturated heterocycles. The maximum atomic E-state index is 10.8. The molecule has 0 unspecified atom stereocenters. The topological polar surface area (TPSA) is 74.2 Å². The Hall–Kier alpha value is -3.22. The van der Waals surface area contributed by atoms with Gasteiger partial charge in [0, 0.05) is 43.8 Å². The van der Waals surface area contributed by atoms with Crippen molar-refractivity contribution < 1.29 is 4.79 Å². The molecule has 0 atom stereocenters. The SMILES string of the molecule is O=CN1CCN(c2cc(Nc3cccc4cccnc34)ncn2)CC1. The van der Waals surface area contributed by atoms with Crippen LogP contribution in [0.25, 0.3) is 10.9 Å². The molecule has 1 fully saturated rings. The molecule has 0 bridgehead atoms. The van der Waals surface area contributed by atoms with E-state index in [1.54, 1.807) is 17.4 Å². The first-order chi connectivity index (χ1) is 12.3. The van der Waals surface area contributed by atoms with Gasteiger partial charge in [-0.1, -0.05) is 18.2 Å². The highest BCUT2D eigenvalue weighted by Crippen LogP contribution is 2.25. The van der Waals surface area contributed by atoms with E-state index in [9.17, 15) is 4.79 Å². The summed E-state index contributed by atoms with van der Waals surface area (Å²) in [5, 5.41) is 4.42. The van der Waals surface area contributed by atoms with E-state index in [2.05, 4.69) is 25.2 Å². The lowest BCUT2D eigenvalue weighted by Gasteiger charge is -2.33. The quantitative estimate of drug-likeness (QED) is 0.736. The second kappa shape index (κ2) is 6.72. The molecule has 3 aromatic rings. The minimum Gasteiger partial charge on any atom is -0.353 e. The Morgan fingerprint density at radius 3 is 2.68 bits per heavy atom. The molecule has 1 amide bonds. The van der Waals surface area contributed by atoms with Crippen LogP contribution >= 0.6 is 0 Å². The molecule has 1 N–H and O–H groups in total. The number of amides is 1. The molecular weight excluding hydrogens is 316 g/mol. The predicted molar refractivity (Wildman–Crippen MR) is 96.9 cm³/mol. The number of nitrogens with zero attached hydrogens (tertiary/aromatic N) is 5. The highest BCUT2D eigenvalue weighted by atomic mass is 16.1. The number of para-hydroxylation sites is 1. The number of benzene rings is 1. The average Bonchev–Trinajstić information content (AvgIpc) is 2.69. The molecule has 126 valence electrons. The summed E-state index contributed by atoms with van der Waals surface area (Å²) in [6.45, 7) is 2.96. The van der Waals surface area contributed by atoms with Crippen LogP contribution in [0.4, 0.5) is 17.3 Å². The van der Waals surface area contributed by atoms with Gasteiger partial charge in [-0.05, 0) is 12.1 Å². The van der Waals surface area contributed by atoms with Crippen molar-refractivity contribution in [1.29, 1.82) is 0 Å². The van der Waals surface area contributed by atoms with Crippen molar-refractivity contribution in [2.45, 2.75) is 0 Å². The normalized spacial score (nSPS) is 14.6. The molecular formula is C18H18N6O. The summed E-state index contributed by atoms with van der Waals surface area (Å²) in [6, 6.07) is 11.9. The Balaban J connectivity index is 1.56. The van der Waals surface area contributed by atoms with Crippen LogP contribution in [-0.2, 0) is 4.79 Å². The zero-order valence-electron chi connectivity index (χ0n) is 13.7. The van der Waals surface area contributed by atoms with Gasteiger partial charge in [-0.15, -0.1) is 0 Å². The maximum Gasteiger partial charge on any atom is 0.209 e. The fraction of sp³-hybridized carbons (Fsp3) is 0.222. The highest BCUT2D eigenvalue weighted by Gasteiger charge is 2.17. The highest BCUT2D eigenvalue weighted by molar-refractivity contribution is 5.91. The predicted octanol–water partition coefficient (Wildman–Crippen LogP) is 2.05. The van der Waals surface area contributed by atoms with Crippen LogP contribution in [0.5, 0.6) is 0 Å². The molecule has 25 heavy (non-hydrogen) atoms. The number of pyridine rings is 1. The van der Waals surface area contributed by atoms with E-state index in [4.69, 9.17) is 0 Å². The van der Waals surface area contributed by atoms with Crippen LogP contribution in [-0.4, -0.2) is 52.4 Å². The summed E-state index contributed by atoms with van der Waals surface area (Å²) < 4.78 is 0. The number of nitrogens with one attached hydrogen (secondary N) is 1. The fourth-order valence-corrected chi connectivity index (χ4v) is 2.99. The van der Waals surface area contributed by atoms with Gasteiger partial charge >= 0.3 is 0 Å². The summed E-state index contributed by atoms with van der Waals surface area (Å²) in [6.07, 6.45) is 4.24. The van der Waals surface area contributed by atoms with Gasteiger partial charge in [-0.25, -0.2) is 9.97 Å². The Bertz CT molecular complexity index is 886. The smallest absolute Gasteiger partial charge is 0.209 e. The Morgan fingerprint density at radius 1 is 1.00 bits per heavy atom. The molecule has 7 nitrogen and oxygen atoms in total. The molecule has 2 aromatic heterocycles.